The molecule has 0 fully saturated rings. The van der Waals surface area contributed by atoms with Crippen molar-refractivity contribution in [3.05, 3.63) is 45.3 Å². The summed E-state index contributed by atoms with van der Waals surface area (Å²) in [6, 6.07) is 6.95. The monoisotopic (exact) mass is 463 g/mol. The van der Waals surface area contributed by atoms with Crippen molar-refractivity contribution in [3.63, 3.8) is 0 Å². The second-order valence-electron chi connectivity index (χ2n) is 7.80. The lowest BCUT2D eigenvalue weighted by atomic mass is 9.88. The van der Waals surface area contributed by atoms with Crippen molar-refractivity contribution in [1.29, 1.82) is 0 Å². The van der Waals surface area contributed by atoms with Crippen LogP contribution in [-0.2, 0) is 27.2 Å². The van der Waals surface area contributed by atoms with Crippen LogP contribution in [0, 0.1) is 5.92 Å². The van der Waals surface area contributed by atoms with Gasteiger partial charge in [-0.1, -0.05) is 30.7 Å². The van der Waals surface area contributed by atoms with Crippen LogP contribution >= 0.6 is 22.9 Å². The summed E-state index contributed by atoms with van der Waals surface area (Å²) >= 11 is 7.49. The number of carbonyl (C=O) groups excluding carboxylic acids is 3. The highest BCUT2D eigenvalue weighted by atomic mass is 35.5. The Morgan fingerprint density at radius 2 is 1.87 bits per heavy atom. The minimum atomic E-state index is -0.435. The van der Waals surface area contributed by atoms with Gasteiger partial charge < -0.3 is 15.4 Å². The molecule has 0 radical (unpaired) electrons. The lowest BCUT2D eigenvalue weighted by Crippen LogP contribution is -2.36. The van der Waals surface area contributed by atoms with Gasteiger partial charge in [-0.15, -0.1) is 11.3 Å². The topological polar surface area (TPSA) is 87.7 Å². The van der Waals surface area contributed by atoms with Crippen molar-refractivity contribution in [2.24, 2.45) is 5.92 Å². The maximum atomic E-state index is 12.6. The number of amides is 2. The summed E-state index contributed by atoms with van der Waals surface area (Å²) < 4.78 is 4.95. The summed E-state index contributed by atoms with van der Waals surface area (Å²) in [5, 5.41) is 6.54. The highest BCUT2D eigenvalue weighted by Gasteiger charge is 2.29. The van der Waals surface area contributed by atoms with Gasteiger partial charge >= 0.3 is 5.97 Å². The molecule has 1 aliphatic carbocycles. The standard InChI is InChI=1S/C22H26ClN3O4S/c1-13-8-9-14-17(10-13)31-21(20(14)22(29)30-3)25-19(28)12-26(2)11-18(27)24-16-7-5-4-6-15(16)23/h4-7,13H,8-12H2,1-3H3,(H,24,27)(H,25,28). The van der Waals surface area contributed by atoms with Gasteiger partial charge in [0.2, 0.25) is 11.8 Å². The number of para-hydroxylation sites is 1. The minimum absolute atomic E-state index is 0.00444. The van der Waals surface area contributed by atoms with E-state index in [2.05, 4.69) is 17.6 Å². The number of benzene rings is 1. The first kappa shape index (κ1) is 23.2. The third-order valence-electron chi connectivity index (χ3n) is 5.13. The molecule has 0 aliphatic heterocycles. The fourth-order valence-electron chi connectivity index (χ4n) is 3.62. The van der Waals surface area contributed by atoms with Gasteiger partial charge in [0, 0.05) is 4.88 Å². The maximum Gasteiger partial charge on any atom is 0.341 e. The van der Waals surface area contributed by atoms with E-state index >= 15 is 0 Å². The Morgan fingerprint density at radius 3 is 2.55 bits per heavy atom. The number of rotatable bonds is 7. The molecule has 0 saturated heterocycles. The number of nitrogens with zero attached hydrogens (tertiary/aromatic N) is 1. The Balaban J connectivity index is 1.62. The second-order valence-corrected chi connectivity index (χ2v) is 9.31. The van der Waals surface area contributed by atoms with Crippen molar-refractivity contribution < 1.29 is 19.1 Å². The molecule has 2 amide bonds. The van der Waals surface area contributed by atoms with Crippen molar-refractivity contribution in [2.45, 2.75) is 26.2 Å². The number of carbonyl (C=O) groups is 3. The molecule has 31 heavy (non-hydrogen) atoms. The quantitative estimate of drug-likeness (QED) is 0.609. The number of ether oxygens (including phenoxy) is 1. The highest BCUT2D eigenvalue weighted by molar-refractivity contribution is 7.17. The molecule has 0 saturated carbocycles. The number of hydrogen-bond acceptors (Lipinski definition) is 6. The first-order valence-electron chi connectivity index (χ1n) is 10.0. The first-order valence-corrected chi connectivity index (χ1v) is 11.2. The summed E-state index contributed by atoms with van der Waals surface area (Å²) in [5.41, 5.74) is 1.97. The first-order chi connectivity index (χ1) is 14.8. The molecule has 1 atom stereocenters. The van der Waals surface area contributed by atoms with E-state index in [1.165, 1.54) is 18.4 Å². The molecule has 1 heterocycles. The van der Waals surface area contributed by atoms with Crippen LogP contribution in [0.15, 0.2) is 24.3 Å². The number of esters is 1. The Kier molecular flexibility index (Phi) is 7.69. The molecular formula is C22H26ClN3O4S. The normalized spacial score (nSPS) is 15.3. The van der Waals surface area contributed by atoms with Crippen molar-refractivity contribution >= 4 is 51.4 Å². The van der Waals surface area contributed by atoms with E-state index in [9.17, 15) is 14.4 Å². The van der Waals surface area contributed by atoms with Gasteiger partial charge in [-0.2, -0.15) is 0 Å². The SMILES string of the molecule is COC(=O)c1c(NC(=O)CN(C)CC(=O)Nc2ccccc2Cl)sc2c1CCC(C)C2. The van der Waals surface area contributed by atoms with Crippen LogP contribution in [0.4, 0.5) is 10.7 Å². The zero-order chi connectivity index (χ0) is 22.5. The summed E-state index contributed by atoms with van der Waals surface area (Å²) in [6.07, 6.45) is 2.70. The van der Waals surface area contributed by atoms with Gasteiger partial charge in [0.05, 0.1) is 36.5 Å². The number of anilines is 2. The van der Waals surface area contributed by atoms with Crippen molar-refractivity contribution in [2.75, 3.05) is 37.9 Å². The predicted molar refractivity (Wildman–Crippen MR) is 123 cm³/mol. The van der Waals surface area contributed by atoms with Crippen LogP contribution in [-0.4, -0.2) is 49.9 Å². The minimum Gasteiger partial charge on any atom is -0.465 e. The molecule has 0 bridgehead atoms. The van der Waals surface area contributed by atoms with Crippen LogP contribution in [0.2, 0.25) is 5.02 Å². The number of likely N-dealkylation sites (N-methyl/N-ethyl adjacent to an activating group) is 1. The van der Waals surface area contributed by atoms with Gasteiger partial charge in [-0.3, -0.25) is 14.5 Å². The Morgan fingerprint density at radius 1 is 1.19 bits per heavy atom. The molecule has 0 spiro atoms. The molecular weight excluding hydrogens is 438 g/mol. The molecule has 1 aromatic heterocycles. The Labute approximate surface area is 190 Å². The predicted octanol–water partition coefficient (Wildman–Crippen LogP) is 3.82. The molecule has 1 aromatic carbocycles. The summed E-state index contributed by atoms with van der Waals surface area (Å²) in [5.74, 6) is -0.471. The zero-order valence-corrected chi connectivity index (χ0v) is 19.4. The lowest BCUT2D eigenvalue weighted by Gasteiger charge is -2.18. The van der Waals surface area contributed by atoms with Crippen LogP contribution in [0.1, 0.15) is 34.1 Å². The summed E-state index contributed by atoms with van der Waals surface area (Å²) in [7, 11) is 3.02. The third-order valence-corrected chi connectivity index (χ3v) is 6.63. The number of thiophene rings is 1. The molecule has 2 N–H and O–H groups in total. The van der Waals surface area contributed by atoms with Gasteiger partial charge in [0.1, 0.15) is 5.00 Å². The summed E-state index contributed by atoms with van der Waals surface area (Å²) in [6.45, 7) is 2.19. The van der Waals surface area contributed by atoms with E-state index in [0.717, 1.165) is 29.7 Å². The maximum absolute atomic E-state index is 12.6. The number of halogens is 1. The van der Waals surface area contributed by atoms with Gasteiger partial charge in [-0.05, 0) is 49.9 Å². The number of methoxy groups -OCH3 is 1. The second kappa shape index (κ2) is 10.3. The lowest BCUT2D eigenvalue weighted by molar-refractivity contribution is -0.119. The largest absolute Gasteiger partial charge is 0.465 e. The Hall–Kier alpha value is -2.42. The van der Waals surface area contributed by atoms with Gasteiger partial charge in [0.25, 0.3) is 0 Å². The van der Waals surface area contributed by atoms with Crippen LogP contribution in [0.25, 0.3) is 0 Å². The van der Waals surface area contributed by atoms with E-state index in [4.69, 9.17) is 16.3 Å². The summed E-state index contributed by atoms with van der Waals surface area (Å²) in [4.78, 5) is 39.9. The number of fused-ring (bicyclic) bond motifs is 1. The van der Waals surface area contributed by atoms with E-state index < -0.39 is 5.97 Å². The molecule has 1 aliphatic rings. The molecule has 3 rings (SSSR count). The van der Waals surface area contributed by atoms with E-state index in [-0.39, 0.29) is 24.9 Å². The average Bonchev–Trinajstić information content (AvgIpc) is 3.05. The van der Waals surface area contributed by atoms with Crippen molar-refractivity contribution in [1.82, 2.24) is 4.90 Å². The smallest absolute Gasteiger partial charge is 0.341 e. The Bertz CT molecular complexity index is 991. The van der Waals surface area contributed by atoms with E-state index in [1.54, 1.807) is 36.2 Å². The van der Waals surface area contributed by atoms with Gasteiger partial charge in [-0.25, -0.2) is 4.79 Å². The zero-order valence-electron chi connectivity index (χ0n) is 17.8. The van der Waals surface area contributed by atoms with Crippen LogP contribution < -0.4 is 10.6 Å². The molecule has 7 nitrogen and oxygen atoms in total. The fourth-order valence-corrected chi connectivity index (χ4v) is 5.22. The number of nitrogens with one attached hydrogen (secondary N) is 2. The van der Waals surface area contributed by atoms with Crippen LogP contribution in [0.3, 0.4) is 0 Å². The van der Waals surface area contributed by atoms with Gasteiger partial charge in [0.15, 0.2) is 0 Å². The van der Waals surface area contributed by atoms with E-state index in [0.29, 0.717) is 27.2 Å². The highest BCUT2D eigenvalue weighted by Crippen LogP contribution is 2.40. The average molecular weight is 464 g/mol. The molecule has 166 valence electrons. The molecule has 1 unspecified atom stereocenters. The molecule has 2 aromatic rings. The molecule has 9 heteroatoms. The van der Waals surface area contributed by atoms with Crippen molar-refractivity contribution in [3.8, 4) is 0 Å². The van der Waals surface area contributed by atoms with E-state index in [1.807, 2.05) is 0 Å². The fraction of sp³-hybridized carbons (Fsp3) is 0.409. The third kappa shape index (κ3) is 5.84. The number of hydrogen-bond donors (Lipinski definition) is 2. The van der Waals surface area contributed by atoms with Crippen LogP contribution in [0.5, 0.6) is 0 Å².